The highest BCUT2D eigenvalue weighted by atomic mass is 32.1. The number of nitrogens with one attached hydrogen (secondary N) is 1. The number of esters is 1. The van der Waals surface area contributed by atoms with Gasteiger partial charge in [-0.1, -0.05) is 30.3 Å². The van der Waals surface area contributed by atoms with Crippen LogP contribution in [0.2, 0.25) is 0 Å². The highest BCUT2D eigenvalue weighted by Gasteiger charge is 2.21. The molecule has 1 N–H and O–H groups in total. The topological polar surface area (TPSA) is 70.6 Å². The van der Waals surface area contributed by atoms with Crippen LogP contribution in [0.25, 0.3) is 10.2 Å². The van der Waals surface area contributed by atoms with Gasteiger partial charge in [0.2, 0.25) is 0 Å². The minimum atomic E-state index is -0.341. The maximum atomic E-state index is 12.8. The van der Waals surface area contributed by atoms with Crippen molar-refractivity contribution in [2.45, 2.75) is 13.5 Å². The number of piperazine rings is 1. The Labute approximate surface area is 203 Å². The molecule has 5 rings (SSSR count). The molecule has 0 aliphatic carbocycles. The van der Waals surface area contributed by atoms with Crippen molar-refractivity contribution in [3.05, 3.63) is 76.9 Å². The van der Waals surface area contributed by atoms with E-state index in [4.69, 9.17) is 4.74 Å². The Morgan fingerprint density at radius 3 is 2.50 bits per heavy atom. The number of thiophene rings is 1. The molecule has 1 aliphatic heterocycles. The van der Waals surface area contributed by atoms with Gasteiger partial charge in [-0.05, 0) is 49.4 Å². The Morgan fingerprint density at radius 2 is 1.76 bits per heavy atom. The van der Waals surface area contributed by atoms with Crippen LogP contribution < -0.4 is 10.2 Å². The van der Waals surface area contributed by atoms with Crippen molar-refractivity contribution in [1.29, 1.82) is 0 Å². The number of carbonyl (C=O) groups is 1. The van der Waals surface area contributed by atoms with Gasteiger partial charge in [0.1, 0.15) is 28.5 Å². The number of benzene rings is 2. The highest BCUT2D eigenvalue weighted by molar-refractivity contribution is 7.20. The number of nitrogens with zero attached hydrogens (tertiary/aromatic N) is 4. The molecule has 34 heavy (non-hydrogen) atoms. The van der Waals surface area contributed by atoms with E-state index in [1.165, 1.54) is 23.4 Å². The number of anilines is 3. The number of hydrogen-bond acceptors (Lipinski definition) is 8. The van der Waals surface area contributed by atoms with Crippen LogP contribution in [-0.4, -0.2) is 54.1 Å². The zero-order valence-corrected chi connectivity index (χ0v) is 20.1. The number of ether oxygens (including phenoxy) is 1. The molecule has 7 nitrogen and oxygen atoms in total. The lowest BCUT2D eigenvalue weighted by Crippen LogP contribution is -2.44. The SMILES string of the molecule is Cc1c(C(=O)OCc2ccccc2)sc2ncnc(Nc3ccc(N4CCN(C)CC4)cc3)c12. The summed E-state index contributed by atoms with van der Waals surface area (Å²) in [6, 6.07) is 18.1. The quantitative estimate of drug-likeness (QED) is 0.401. The molecule has 0 atom stereocenters. The molecule has 0 radical (unpaired) electrons. The fourth-order valence-electron chi connectivity index (χ4n) is 4.11. The lowest BCUT2D eigenvalue weighted by molar-refractivity contribution is 0.0478. The average molecular weight is 474 g/mol. The molecule has 2 aromatic carbocycles. The van der Waals surface area contributed by atoms with E-state index in [2.05, 4.69) is 56.4 Å². The number of hydrogen-bond donors (Lipinski definition) is 1. The van der Waals surface area contributed by atoms with Crippen molar-refractivity contribution in [2.75, 3.05) is 43.4 Å². The van der Waals surface area contributed by atoms with Crippen molar-refractivity contribution in [3.8, 4) is 0 Å². The normalized spacial score (nSPS) is 14.4. The number of rotatable bonds is 6. The Kier molecular flexibility index (Phi) is 6.42. The van der Waals surface area contributed by atoms with Gasteiger partial charge in [0, 0.05) is 37.6 Å². The molecule has 0 bridgehead atoms. The third kappa shape index (κ3) is 4.73. The molecule has 8 heteroatoms. The molecule has 4 aromatic rings. The minimum Gasteiger partial charge on any atom is -0.457 e. The van der Waals surface area contributed by atoms with E-state index in [0.717, 1.165) is 53.2 Å². The number of aromatic nitrogens is 2. The van der Waals surface area contributed by atoms with Crippen molar-refractivity contribution in [1.82, 2.24) is 14.9 Å². The molecule has 0 amide bonds. The molecule has 2 aromatic heterocycles. The Hall–Kier alpha value is -3.49. The maximum Gasteiger partial charge on any atom is 0.349 e. The van der Waals surface area contributed by atoms with Crippen LogP contribution in [0.1, 0.15) is 20.8 Å². The summed E-state index contributed by atoms with van der Waals surface area (Å²) < 4.78 is 5.56. The van der Waals surface area contributed by atoms with Gasteiger partial charge in [0.05, 0.1) is 5.39 Å². The van der Waals surface area contributed by atoms with Crippen LogP contribution in [-0.2, 0) is 11.3 Å². The predicted octanol–water partition coefficient (Wildman–Crippen LogP) is 4.85. The molecule has 3 heterocycles. The van der Waals surface area contributed by atoms with Crippen LogP contribution in [0.15, 0.2) is 60.9 Å². The second-order valence-electron chi connectivity index (χ2n) is 8.48. The zero-order chi connectivity index (χ0) is 23.5. The fourth-order valence-corrected chi connectivity index (χ4v) is 5.15. The van der Waals surface area contributed by atoms with Gasteiger partial charge in [0.15, 0.2) is 0 Å². The van der Waals surface area contributed by atoms with Gasteiger partial charge in [-0.25, -0.2) is 14.8 Å². The molecule has 1 aliphatic rings. The number of likely N-dealkylation sites (N-methyl/N-ethyl adjacent to an activating group) is 1. The first kappa shape index (κ1) is 22.3. The van der Waals surface area contributed by atoms with Gasteiger partial charge >= 0.3 is 5.97 Å². The number of aryl methyl sites for hydroxylation is 1. The first-order valence-electron chi connectivity index (χ1n) is 11.3. The predicted molar refractivity (Wildman–Crippen MR) is 137 cm³/mol. The third-order valence-electron chi connectivity index (χ3n) is 6.12. The van der Waals surface area contributed by atoms with Crippen molar-refractivity contribution < 1.29 is 9.53 Å². The minimum absolute atomic E-state index is 0.240. The van der Waals surface area contributed by atoms with E-state index in [0.29, 0.717) is 10.7 Å². The van der Waals surface area contributed by atoms with Crippen LogP contribution in [0, 0.1) is 6.92 Å². The summed E-state index contributed by atoms with van der Waals surface area (Å²) in [6.07, 6.45) is 1.53. The van der Waals surface area contributed by atoms with E-state index in [-0.39, 0.29) is 12.6 Å². The van der Waals surface area contributed by atoms with Crippen LogP contribution >= 0.6 is 11.3 Å². The fraction of sp³-hybridized carbons (Fsp3) is 0.269. The van der Waals surface area contributed by atoms with Crippen LogP contribution in [0.3, 0.4) is 0 Å². The second-order valence-corrected chi connectivity index (χ2v) is 9.48. The van der Waals surface area contributed by atoms with E-state index in [1.54, 1.807) is 0 Å². The summed E-state index contributed by atoms with van der Waals surface area (Å²) in [5.41, 5.74) is 3.95. The smallest absolute Gasteiger partial charge is 0.349 e. The Balaban J connectivity index is 1.33. The first-order chi connectivity index (χ1) is 16.6. The molecule has 0 spiro atoms. The molecule has 174 valence electrons. The molecule has 1 saturated heterocycles. The van der Waals surface area contributed by atoms with Crippen LogP contribution in [0.4, 0.5) is 17.2 Å². The summed E-state index contributed by atoms with van der Waals surface area (Å²) in [5.74, 6) is 0.347. The van der Waals surface area contributed by atoms with Crippen molar-refractivity contribution in [3.63, 3.8) is 0 Å². The largest absolute Gasteiger partial charge is 0.457 e. The van der Waals surface area contributed by atoms with E-state index in [1.807, 2.05) is 37.3 Å². The highest BCUT2D eigenvalue weighted by Crippen LogP contribution is 2.35. The summed E-state index contributed by atoms with van der Waals surface area (Å²) >= 11 is 1.34. The maximum absolute atomic E-state index is 12.8. The lowest BCUT2D eigenvalue weighted by Gasteiger charge is -2.34. The zero-order valence-electron chi connectivity index (χ0n) is 19.3. The van der Waals surface area contributed by atoms with Crippen molar-refractivity contribution in [2.24, 2.45) is 0 Å². The standard InChI is InChI=1S/C26H27N5O2S/c1-18-22-24(29-20-8-10-21(11-9-20)31-14-12-30(2)13-15-31)27-17-28-25(22)34-23(18)26(32)33-16-19-6-4-3-5-7-19/h3-11,17H,12-16H2,1-2H3,(H,27,28,29). The summed E-state index contributed by atoms with van der Waals surface area (Å²) in [5, 5.41) is 4.26. The number of carbonyl (C=O) groups excluding carboxylic acids is 1. The second kappa shape index (κ2) is 9.79. The molecule has 1 fully saturated rings. The third-order valence-corrected chi connectivity index (χ3v) is 7.30. The van der Waals surface area contributed by atoms with Crippen molar-refractivity contribution >= 4 is 44.7 Å². The summed E-state index contributed by atoms with van der Waals surface area (Å²) in [6.45, 7) is 6.38. The van der Waals surface area contributed by atoms with Crippen LogP contribution in [0.5, 0.6) is 0 Å². The van der Waals surface area contributed by atoms with Gasteiger partial charge in [0.25, 0.3) is 0 Å². The molecule has 0 saturated carbocycles. The van der Waals surface area contributed by atoms with Gasteiger partial charge in [-0.15, -0.1) is 11.3 Å². The average Bonchev–Trinajstić information content (AvgIpc) is 3.22. The van der Waals surface area contributed by atoms with Gasteiger partial charge < -0.3 is 19.9 Å². The molecular formula is C26H27N5O2S. The first-order valence-corrected chi connectivity index (χ1v) is 12.2. The van der Waals surface area contributed by atoms with E-state index < -0.39 is 0 Å². The summed E-state index contributed by atoms with van der Waals surface area (Å²) in [4.78, 5) is 27.7. The number of fused-ring (bicyclic) bond motifs is 1. The van der Waals surface area contributed by atoms with Gasteiger partial charge in [-0.3, -0.25) is 0 Å². The van der Waals surface area contributed by atoms with E-state index in [9.17, 15) is 4.79 Å². The lowest BCUT2D eigenvalue weighted by atomic mass is 10.2. The van der Waals surface area contributed by atoms with Gasteiger partial charge in [-0.2, -0.15) is 0 Å². The van der Waals surface area contributed by atoms with E-state index >= 15 is 0 Å². The molecular weight excluding hydrogens is 446 g/mol. The Morgan fingerprint density at radius 1 is 1.03 bits per heavy atom. The molecule has 0 unspecified atom stereocenters. The monoisotopic (exact) mass is 473 g/mol. The Bertz CT molecular complexity index is 1280. The summed E-state index contributed by atoms with van der Waals surface area (Å²) in [7, 11) is 2.16.